The summed E-state index contributed by atoms with van der Waals surface area (Å²) in [5, 5.41) is 5.27. The molecule has 2 aromatic heterocycles. The number of carbonyl (C=O) groups excluding carboxylic acids is 1. The average Bonchev–Trinajstić information content (AvgIpc) is 3.22. The zero-order valence-corrected chi connectivity index (χ0v) is 17.9. The van der Waals surface area contributed by atoms with Gasteiger partial charge in [-0.25, -0.2) is 4.98 Å². The van der Waals surface area contributed by atoms with Gasteiger partial charge in [0.15, 0.2) is 0 Å². The molecule has 5 rings (SSSR count). The van der Waals surface area contributed by atoms with E-state index in [0.29, 0.717) is 17.7 Å². The third-order valence-corrected chi connectivity index (χ3v) is 5.71. The number of rotatable bonds is 5. The van der Waals surface area contributed by atoms with Crippen molar-refractivity contribution in [3.63, 3.8) is 0 Å². The summed E-state index contributed by atoms with van der Waals surface area (Å²) in [7, 11) is 0. The molecule has 2 aromatic carbocycles. The second kappa shape index (κ2) is 8.62. The molecule has 0 bridgehead atoms. The Morgan fingerprint density at radius 1 is 0.941 bits per heavy atom. The van der Waals surface area contributed by atoms with Crippen LogP contribution in [0.4, 0.5) is 24.7 Å². The van der Waals surface area contributed by atoms with Crippen molar-refractivity contribution in [2.24, 2.45) is 0 Å². The molecule has 1 aliphatic rings. The third-order valence-electron chi connectivity index (χ3n) is 5.71. The predicted molar refractivity (Wildman–Crippen MR) is 123 cm³/mol. The first-order valence-electron chi connectivity index (χ1n) is 10.6. The number of benzene rings is 2. The first kappa shape index (κ1) is 21.6. The van der Waals surface area contributed by atoms with Crippen molar-refractivity contribution in [1.82, 2.24) is 9.97 Å². The van der Waals surface area contributed by atoms with E-state index in [-0.39, 0.29) is 18.1 Å². The molecule has 0 spiro atoms. The Morgan fingerprint density at radius 2 is 1.74 bits per heavy atom. The maximum Gasteiger partial charge on any atom is 0.420 e. The number of pyridine rings is 2. The van der Waals surface area contributed by atoms with Crippen molar-refractivity contribution < 1.29 is 18.0 Å². The zero-order chi connectivity index (χ0) is 23.7. The largest absolute Gasteiger partial charge is 0.420 e. The normalized spacial score (nSPS) is 12.1. The maximum absolute atomic E-state index is 13.7. The highest BCUT2D eigenvalue weighted by atomic mass is 19.4. The summed E-state index contributed by atoms with van der Waals surface area (Å²) in [5.41, 5.74) is 4.01. The lowest BCUT2D eigenvalue weighted by Crippen LogP contribution is -2.17. The van der Waals surface area contributed by atoms with Gasteiger partial charge in [-0.05, 0) is 52.9 Å². The Labute approximate surface area is 193 Å². The number of anilines is 2. The Morgan fingerprint density at radius 3 is 2.53 bits per heavy atom. The molecule has 0 aliphatic heterocycles. The molecule has 1 amide bonds. The minimum Gasteiger partial charge on any atom is -0.364 e. The molecule has 5 nitrogen and oxygen atoms in total. The maximum atomic E-state index is 13.7. The van der Waals surface area contributed by atoms with Gasteiger partial charge in [-0.1, -0.05) is 42.5 Å². The van der Waals surface area contributed by atoms with E-state index < -0.39 is 17.6 Å². The molecule has 0 saturated carbocycles. The molecule has 0 saturated heterocycles. The lowest BCUT2D eigenvalue weighted by Gasteiger charge is -2.16. The Balaban J connectivity index is 1.39. The van der Waals surface area contributed by atoms with Gasteiger partial charge >= 0.3 is 6.18 Å². The van der Waals surface area contributed by atoms with Crippen molar-refractivity contribution in [3.05, 3.63) is 107 Å². The molecule has 0 fully saturated rings. The molecular formula is C26H19F3N4O. The number of aromatic nitrogens is 2. The molecule has 0 atom stereocenters. The van der Waals surface area contributed by atoms with Crippen LogP contribution in [0.3, 0.4) is 0 Å². The Bertz CT molecular complexity index is 1370. The van der Waals surface area contributed by atoms with Crippen LogP contribution in [0.15, 0.2) is 79.1 Å². The van der Waals surface area contributed by atoms with E-state index in [0.717, 1.165) is 28.3 Å². The highest BCUT2D eigenvalue weighted by Crippen LogP contribution is 2.39. The van der Waals surface area contributed by atoms with Crippen LogP contribution in [-0.2, 0) is 19.1 Å². The van der Waals surface area contributed by atoms with E-state index in [1.54, 1.807) is 36.5 Å². The second-order valence-corrected chi connectivity index (χ2v) is 7.91. The van der Waals surface area contributed by atoms with Crippen LogP contribution in [0.5, 0.6) is 0 Å². The summed E-state index contributed by atoms with van der Waals surface area (Å²) in [6, 6.07) is 19.4. The number of alkyl halides is 3. The standard InChI is InChI=1S/C26H19F3N4O/c27-26(28,29)23-13-18(15-32-24(23)31-14-17-7-3-4-11-30-17)33-25(34)21-10-5-9-20-19-8-2-1-6-16(19)12-22(20)21/h1-11,13,15H,12,14H2,(H,31,32)(H,33,34). The van der Waals surface area contributed by atoms with Crippen molar-refractivity contribution >= 4 is 17.4 Å². The molecule has 34 heavy (non-hydrogen) atoms. The number of fused-ring (bicyclic) bond motifs is 3. The summed E-state index contributed by atoms with van der Waals surface area (Å²) in [5.74, 6) is -0.805. The Hall–Kier alpha value is -4.20. The molecule has 1 aliphatic carbocycles. The van der Waals surface area contributed by atoms with E-state index in [1.165, 1.54) is 6.20 Å². The van der Waals surface area contributed by atoms with E-state index in [1.807, 2.05) is 30.3 Å². The summed E-state index contributed by atoms with van der Waals surface area (Å²) in [6.07, 6.45) is -1.29. The van der Waals surface area contributed by atoms with Gasteiger partial charge in [-0.3, -0.25) is 9.78 Å². The number of nitrogens with zero attached hydrogens (tertiary/aromatic N) is 2. The van der Waals surface area contributed by atoms with Gasteiger partial charge in [0.25, 0.3) is 5.91 Å². The van der Waals surface area contributed by atoms with Crippen LogP contribution in [0.25, 0.3) is 11.1 Å². The fourth-order valence-corrected chi connectivity index (χ4v) is 4.14. The van der Waals surface area contributed by atoms with Gasteiger partial charge < -0.3 is 10.6 Å². The third kappa shape index (κ3) is 4.22. The minimum absolute atomic E-state index is 0.0335. The van der Waals surface area contributed by atoms with Gasteiger partial charge in [-0.15, -0.1) is 0 Å². The monoisotopic (exact) mass is 460 g/mol. The van der Waals surface area contributed by atoms with Crippen molar-refractivity contribution in [3.8, 4) is 11.1 Å². The van der Waals surface area contributed by atoms with E-state index >= 15 is 0 Å². The topological polar surface area (TPSA) is 66.9 Å². The number of halogens is 3. The van der Waals surface area contributed by atoms with Crippen LogP contribution < -0.4 is 10.6 Å². The molecule has 0 unspecified atom stereocenters. The molecule has 170 valence electrons. The molecule has 2 heterocycles. The first-order valence-corrected chi connectivity index (χ1v) is 10.6. The quantitative estimate of drug-likeness (QED) is 0.341. The molecule has 0 radical (unpaired) electrons. The minimum atomic E-state index is -4.66. The van der Waals surface area contributed by atoms with Crippen molar-refractivity contribution in [1.29, 1.82) is 0 Å². The summed E-state index contributed by atoms with van der Waals surface area (Å²) >= 11 is 0. The summed E-state index contributed by atoms with van der Waals surface area (Å²) < 4.78 is 41.2. The Kier molecular flexibility index (Phi) is 5.49. The fourth-order valence-electron chi connectivity index (χ4n) is 4.14. The van der Waals surface area contributed by atoms with Gasteiger partial charge in [0.2, 0.25) is 0 Å². The number of carbonyl (C=O) groups is 1. The fraction of sp³-hybridized carbons (Fsp3) is 0.115. The van der Waals surface area contributed by atoms with Crippen molar-refractivity contribution in [2.45, 2.75) is 19.1 Å². The van der Waals surface area contributed by atoms with Crippen LogP contribution in [0.2, 0.25) is 0 Å². The summed E-state index contributed by atoms with van der Waals surface area (Å²) in [4.78, 5) is 21.1. The lowest BCUT2D eigenvalue weighted by molar-refractivity contribution is -0.137. The van der Waals surface area contributed by atoms with Crippen LogP contribution >= 0.6 is 0 Å². The molecule has 2 N–H and O–H groups in total. The lowest BCUT2D eigenvalue weighted by atomic mass is 10.0. The smallest absolute Gasteiger partial charge is 0.364 e. The molecular weight excluding hydrogens is 441 g/mol. The number of hydrogen-bond donors (Lipinski definition) is 2. The van der Waals surface area contributed by atoms with Gasteiger partial charge in [-0.2, -0.15) is 13.2 Å². The number of hydrogen-bond acceptors (Lipinski definition) is 4. The SMILES string of the molecule is O=C(Nc1cnc(NCc2ccccn2)c(C(F)(F)F)c1)c1cccc2c1Cc1ccccc1-2. The van der Waals surface area contributed by atoms with E-state index in [4.69, 9.17) is 0 Å². The first-order chi connectivity index (χ1) is 16.4. The summed E-state index contributed by atoms with van der Waals surface area (Å²) in [6.45, 7) is 0.0827. The van der Waals surface area contributed by atoms with Crippen LogP contribution in [0, 0.1) is 0 Å². The predicted octanol–water partition coefficient (Wildman–Crippen LogP) is 5.93. The zero-order valence-electron chi connectivity index (χ0n) is 17.9. The second-order valence-electron chi connectivity index (χ2n) is 7.91. The van der Waals surface area contributed by atoms with Crippen LogP contribution in [0.1, 0.15) is 32.7 Å². The average molecular weight is 460 g/mol. The van der Waals surface area contributed by atoms with Crippen LogP contribution in [-0.4, -0.2) is 15.9 Å². The molecule has 4 aromatic rings. The van der Waals surface area contributed by atoms with Crippen molar-refractivity contribution in [2.75, 3.05) is 10.6 Å². The van der Waals surface area contributed by atoms with Gasteiger partial charge in [0.1, 0.15) is 5.82 Å². The van der Waals surface area contributed by atoms with E-state index in [2.05, 4.69) is 20.6 Å². The highest BCUT2D eigenvalue weighted by Gasteiger charge is 2.35. The highest BCUT2D eigenvalue weighted by molar-refractivity contribution is 6.07. The van der Waals surface area contributed by atoms with Gasteiger partial charge in [0, 0.05) is 11.8 Å². The number of nitrogens with one attached hydrogen (secondary N) is 2. The van der Waals surface area contributed by atoms with Gasteiger partial charge in [0.05, 0.1) is 29.7 Å². The molecule has 8 heteroatoms. The number of amides is 1. The van der Waals surface area contributed by atoms with E-state index in [9.17, 15) is 18.0 Å².